The number of hydrogen-bond acceptors (Lipinski definition) is 5. The highest BCUT2D eigenvalue weighted by molar-refractivity contribution is 7.93. The molecule has 2 aromatic rings. The van der Waals surface area contributed by atoms with Gasteiger partial charge in [-0.3, -0.25) is 4.99 Å². The summed E-state index contributed by atoms with van der Waals surface area (Å²) in [7, 11) is -3.46. The van der Waals surface area contributed by atoms with Crippen molar-refractivity contribution in [1.29, 1.82) is 0 Å². The lowest BCUT2D eigenvalue weighted by Crippen LogP contribution is -2.56. The molecule has 2 N–H and O–H groups in total. The minimum atomic E-state index is -3.46. The van der Waals surface area contributed by atoms with Gasteiger partial charge in [0.2, 0.25) is 0 Å². The second-order valence-corrected chi connectivity index (χ2v) is 13.1. The van der Waals surface area contributed by atoms with Crippen molar-refractivity contribution in [2.45, 2.75) is 64.7 Å². The number of fused-ring (bicyclic) bond motifs is 1. The molecular weight excluding hydrogens is 436 g/mol. The van der Waals surface area contributed by atoms with Crippen LogP contribution in [0.5, 0.6) is 0 Å². The van der Waals surface area contributed by atoms with Gasteiger partial charge in [0.25, 0.3) is 0 Å². The van der Waals surface area contributed by atoms with Crippen LogP contribution in [0.2, 0.25) is 0 Å². The summed E-state index contributed by atoms with van der Waals surface area (Å²) in [5.74, 6) is 6.67. The second kappa shape index (κ2) is 8.20. The zero-order valence-electron chi connectivity index (χ0n) is 20.0. The maximum absolute atomic E-state index is 12.8. The molecule has 2 heterocycles. The van der Waals surface area contributed by atoms with Gasteiger partial charge in [0.05, 0.1) is 11.3 Å². The van der Waals surface area contributed by atoms with E-state index in [0.29, 0.717) is 11.5 Å². The first-order valence-corrected chi connectivity index (χ1v) is 13.2. The molecule has 1 aliphatic heterocycles. The Bertz CT molecular complexity index is 1330. The van der Waals surface area contributed by atoms with Crippen LogP contribution < -0.4 is 5.73 Å². The average Bonchev–Trinajstić information content (AvgIpc) is 2.99. The van der Waals surface area contributed by atoms with Crippen molar-refractivity contribution in [3.63, 3.8) is 0 Å². The van der Waals surface area contributed by atoms with Crippen molar-refractivity contribution in [1.82, 2.24) is 0 Å². The molecule has 0 spiro atoms. The van der Waals surface area contributed by atoms with Gasteiger partial charge in [0, 0.05) is 15.1 Å². The third kappa shape index (κ3) is 4.04. The molecule has 0 bridgehead atoms. The first-order chi connectivity index (χ1) is 14.7. The molecule has 1 atom stereocenters. The van der Waals surface area contributed by atoms with E-state index in [4.69, 9.17) is 5.73 Å². The maximum Gasteiger partial charge on any atom is 0.165 e. The Morgan fingerprint density at radius 2 is 1.97 bits per heavy atom. The lowest BCUT2D eigenvalue weighted by atomic mass is 9.94. The van der Waals surface area contributed by atoms with Gasteiger partial charge in [0.1, 0.15) is 10.6 Å². The van der Waals surface area contributed by atoms with E-state index in [2.05, 4.69) is 56.3 Å². The SMILES string of the molecule is C=C(/C=C\c1sc2cc(C(C)C)c(C#CC)cc2c1C)[C@]1(C)CS(=O)(=O)C(C)(C)C(N)=N1. The van der Waals surface area contributed by atoms with Crippen LogP contribution in [0.25, 0.3) is 16.2 Å². The zero-order chi connectivity index (χ0) is 24.1. The number of nitrogens with zero attached hydrogens (tertiary/aromatic N) is 1. The minimum absolute atomic E-state index is 0.112. The van der Waals surface area contributed by atoms with Crippen LogP contribution in [-0.2, 0) is 9.84 Å². The fraction of sp³-hybridized carbons (Fsp3) is 0.423. The number of nitrogens with two attached hydrogens (primary N) is 1. The van der Waals surface area contributed by atoms with Gasteiger partial charge in [-0.25, -0.2) is 8.42 Å². The number of sulfone groups is 1. The van der Waals surface area contributed by atoms with E-state index >= 15 is 0 Å². The van der Waals surface area contributed by atoms with Gasteiger partial charge in [-0.05, 0) is 80.8 Å². The van der Waals surface area contributed by atoms with E-state index in [1.54, 1.807) is 32.1 Å². The first kappa shape index (κ1) is 24.3. The van der Waals surface area contributed by atoms with E-state index in [9.17, 15) is 8.42 Å². The molecule has 0 fully saturated rings. The summed E-state index contributed by atoms with van der Waals surface area (Å²) in [5.41, 5.74) is 9.20. The zero-order valence-corrected chi connectivity index (χ0v) is 21.6. The molecule has 0 aliphatic carbocycles. The number of aryl methyl sites for hydroxylation is 1. The summed E-state index contributed by atoms with van der Waals surface area (Å²) in [4.78, 5) is 5.66. The number of hydrogen-bond donors (Lipinski definition) is 1. The Balaban J connectivity index is 2.01. The first-order valence-electron chi connectivity index (χ1n) is 10.7. The number of amidine groups is 1. The average molecular weight is 469 g/mol. The largest absolute Gasteiger partial charge is 0.386 e. The van der Waals surface area contributed by atoms with E-state index in [1.165, 1.54) is 21.2 Å². The van der Waals surface area contributed by atoms with Gasteiger partial charge < -0.3 is 5.73 Å². The molecule has 1 aliphatic rings. The van der Waals surface area contributed by atoms with Crippen molar-refractivity contribution in [3.05, 3.63) is 51.9 Å². The number of aliphatic imine (C=N–C) groups is 1. The molecule has 6 heteroatoms. The van der Waals surface area contributed by atoms with Crippen LogP contribution in [-0.4, -0.2) is 30.3 Å². The third-order valence-electron chi connectivity index (χ3n) is 6.39. The summed E-state index contributed by atoms with van der Waals surface area (Å²) in [6, 6.07) is 4.42. The van der Waals surface area contributed by atoms with Crippen LogP contribution in [0, 0.1) is 18.8 Å². The molecule has 170 valence electrons. The quantitative estimate of drug-likeness (QED) is 0.469. The molecule has 0 amide bonds. The van der Waals surface area contributed by atoms with E-state index < -0.39 is 20.1 Å². The van der Waals surface area contributed by atoms with Crippen LogP contribution in [0.3, 0.4) is 0 Å². The van der Waals surface area contributed by atoms with Crippen molar-refractivity contribution >= 4 is 43.2 Å². The second-order valence-electron chi connectivity index (χ2n) is 9.46. The summed E-state index contributed by atoms with van der Waals surface area (Å²) in [5, 5.41) is 1.19. The monoisotopic (exact) mass is 468 g/mol. The highest BCUT2D eigenvalue weighted by Gasteiger charge is 2.48. The molecule has 4 nitrogen and oxygen atoms in total. The number of thiophene rings is 1. The number of benzene rings is 1. The van der Waals surface area contributed by atoms with Crippen LogP contribution in [0.15, 0.2) is 35.4 Å². The summed E-state index contributed by atoms with van der Waals surface area (Å²) in [6.45, 7) is 17.4. The maximum atomic E-state index is 12.8. The van der Waals surface area contributed by atoms with E-state index in [-0.39, 0.29) is 11.6 Å². The van der Waals surface area contributed by atoms with Crippen molar-refractivity contribution in [3.8, 4) is 11.8 Å². The van der Waals surface area contributed by atoms with Gasteiger partial charge in [-0.15, -0.1) is 17.3 Å². The Hall–Kier alpha value is -2.36. The van der Waals surface area contributed by atoms with Gasteiger partial charge in [-0.2, -0.15) is 0 Å². The van der Waals surface area contributed by atoms with E-state index in [0.717, 1.165) is 10.4 Å². The molecule has 32 heavy (non-hydrogen) atoms. The summed E-state index contributed by atoms with van der Waals surface area (Å²) < 4.78 is 25.7. The lowest BCUT2D eigenvalue weighted by molar-refractivity contribution is 0.533. The van der Waals surface area contributed by atoms with Crippen molar-refractivity contribution in [2.24, 2.45) is 10.7 Å². The Kier molecular flexibility index (Phi) is 6.23. The smallest absolute Gasteiger partial charge is 0.165 e. The van der Waals surface area contributed by atoms with Crippen molar-refractivity contribution < 1.29 is 8.42 Å². The van der Waals surface area contributed by atoms with Crippen LogP contribution in [0.1, 0.15) is 69.0 Å². The normalized spacial score (nSPS) is 22.1. The lowest BCUT2D eigenvalue weighted by Gasteiger charge is -2.38. The molecule has 0 unspecified atom stereocenters. The fourth-order valence-electron chi connectivity index (χ4n) is 3.84. The molecule has 3 rings (SSSR count). The predicted octanol–water partition coefficient (Wildman–Crippen LogP) is 5.60. The topological polar surface area (TPSA) is 72.5 Å². The Morgan fingerprint density at radius 3 is 2.53 bits per heavy atom. The standard InChI is InChI=1S/C26H32N2O2S2/c1-9-10-19-13-21-18(5)22(31-23(21)14-20(19)16(2)3)12-11-17(4)26(8)15-32(29,30)25(6,7)24(27)28-26/h11-14,16H,4,15H2,1-3,5-8H3,(H2,27,28)/b12-11-/t26-/m0/s1. The summed E-state index contributed by atoms with van der Waals surface area (Å²) in [6.07, 6.45) is 3.88. The van der Waals surface area contributed by atoms with Gasteiger partial charge >= 0.3 is 0 Å². The molecule has 0 saturated heterocycles. The molecular formula is C26H32N2O2S2. The molecule has 1 aromatic heterocycles. The van der Waals surface area contributed by atoms with Crippen LogP contribution >= 0.6 is 11.3 Å². The number of rotatable bonds is 4. The molecule has 0 saturated carbocycles. The fourth-order valence-corrected chi connectivity index (χ4v) is 6.70. The molecule has 1 aromatic carbocycles. The van der Waals surface area contributed by atoms with Crippen molar-refractivity contribution in [2.75, 3.05) is 5.75 Å². The minimum Gasteiger partial charge on any atom is -0.386 e. The highest BCUT2D eigenvalue weighted by Crippen LogP contribution is 2.37. The van der Waals surface area contributed by atoms with Gasteiger partial charge in [-0.1, -0.05) is 32.4 Å². The molecule has 0 radical (unpaired) electrons. The summed E-state index contributed by atoms with van der Waals surface area (Å²) >= 11 is 1.72. The highest BCUT2D eigenvalue weighted by atomic mass is 32.2. The van der Waals surface area contributed by atoms with Gasteiger partial charge in [0.15, 0.2) is 9.84 Å². The predicted molar refractivity (Wildman–Crippen MR) is 139 cm³/mol. The third-order valence-corrected chi connectivity index (χ3v) is 10.3. The van der Waals surface area contributed by atoms with Crippen LogP contribution in [0.4, 0.5) is 0 Å². The Labute approximate surface area is 196 Å². The van der Waals surface area contributed by atoms with E-state index in [1.807, 2.05) is 19.1 Å². The Morgan fingerprint density at radius 1 is 1.31 bits per heavy atom.